The number of halogens is 2. The third-order valence-corrected chi connectivity index (χ3v) is 6.61. The number of aromatic nitrogens is 4. The summed E-state index contributed by atoms with van der Waals surface area (Å²) >= 11 is 6.06. The molecular weight excluding hydrogens is 481 g/mol. The Hall–Kier alpha value is -3.72. The number of piperidine rings is 1. The van der Waals surface area contributed by atoms with Gasteiger partial charge in [-0.2, -0.15) is 5.10 Å². The van der Waals surface area contributed by atoms with E-state index in [1.165, 1.54) is 12.1 Å². The van der Waals surface area contributed by atoms with Gasteiger partial charge in [0.25, 0.3) is 0 Å². The van der Waals surface area contributed by atoms with Crippen LogP contribution in [0.25, 0.3) is 22.3 Å². The SMILES string of the molecule is CCNC(=O)N1CCC(Cn2cc3nccc(Nc4ccnc(-c5cc(Cl)ccc5F)c4)c3n2)CC1. The van der Waals surface area contributed by atoms with Crippen LogP contribution >= 0.6 is 11.6 Å². The molecule has 0 unspecified atom stereocenters. The molecule has 1 fully saturated rings. The van der Waals surface area contributed by atoms with Crippen LogP contribution in [0.3, 0.4) is 0 Å². The number of rotatable bonds is 6. The highest BCUT2D eigenvalue weighted by Gasteiger charge is 2.23. The fourth-order valence-corrected chi connectivity index (χ4v) is 4.69. The number of hydrogen-bond donors (Lipinski definition) is 2. The maximum absolute atomic E-state index is 14.4. The summed E-state index contributed by atoms with van der Waals surface area (Å²) in [7, 11) is 0. The number of likely N-dealkylation sites (tertiary alicyclic amines) is 1. The third-order valence-electron chi connectivity index (χ3n) is 6.37. The molecule has 4 aromatic rings. The fraction of sp³-hybridized carbons (Fsp3) is 0.308. The molecule has 1 saturated heterocycles. The van der Waals surface area contributed by atoms with E-state index in [1.807, 2.05) is 34.8 Å². The first-order valence-corrected chi connectivity index (χ1v) is 12.4. The van der Waals surface area contributed by atoms with Crippen LogP contribution in [-0.2, 0) is 6.54 Å². The Morgan fingerprint density at radius 1 is 1.14 bits per heavy atom. The topological polar surface area (TPSA) is 88.0 Å². The molecule has 8 nitrogen and oxygen atoms in total. The van der Waals surface area contributed by atoms with Crippen LogP contribution in [0.15, 0.2) is 55.0 Å². The molecule has 1 aliphatic heterocycles. The summed E-state index contributed by atoms with van der Waals surface area (Å²) in [5, 5.41) is 11.5. The third kappa shape index (κ3) is 5.26. The lowest BCUT2D eigenvalue weighted by atomic mass is 9.97. The lowest BCUT2D eigenvalue weighted by molar-refractivity contribution is 0.165. The van der Waals surface area contributed by atoms with E-state index in [0.29, 0.717) is 28.7 Å². The molecule has 1 aliphatic rings. The second-order valence-electron chi connectivity index (χ2n) is 8.89. The first-order chi connectivity index (χ1) is 17.5. The van der Waals surface area contributed by atoms with E-state index in [0.717, 1.165) is 54.9 Å². The van der Waals surface area contributed by atoms with Crippen molar-refractivity contribution in [1.29, 1.82) is 0 Å². The van der Waals surface area contributed by atoms with Gasteiger partial charge in [0.05, 0.1) is 17.6 Å². The van der Waals surface area contributed by atoms with Gasteiger partial charge in [-0.25, -0.2) is 9.18 Å². The van der Waals surface area contributed by atoms with Crippen LogP contribution in [0.5, 0.6) is 0 Å². The van der Waals surface area contributed by atoms with Gasteiger partial charge in [-0.15, -0.1) is 0 Å². The first-order valence-electron chi connectivity index (χ1n) is 12.0. The maximum Gasteiger partial charge on any atom is 0.317 e. The minimum atomic E-state index is -0.383. The zero-order valence-corrected chi connectivity index (χ0v) is 20.7. The molecule has 0 spiro atoms. The highest BCUT2D eigenvalue weighted by atomic mass is 35.5. The van der Waals surface area contributed by atoms with Crippen molar-refractivity contribution in [2.75, 3.05) is 25.0 Å². The lowest BCUT2D eigenvalue weighted by Gasteiger charge is -2.31. The molecule has 3 aromatic heterocycles. The molecule has 0 saturated carbocycles. The van der Waals surface area contributed by atoms with Crippen LogP contribution in [0.1, 0.15) is 19.8 Å². The molecule has 0 atom stereocenters. The van der Waals surface area contributed by atoms with E-state index in [1.54, 1.807) is 24.5 Å². The van der Waals surface area contributed by atoms with Crippen molar-refractivity contribution in [3.63, 3.8) is 0 Å². The number of carbonyl (C=O) groups excluding carboxylic acids is 1. The maximum atomic E-state index is 14.4. The van der Waals surface area contributed by atoms with Gasteiger partial charge < -0.3 is 15.5 Å². The van der Waals surface area contributed by atoms with Crippen molar-refractivity contribution in [1.82, 2.24) is 30.0 Å². The number of benzene rings is 1. The van der Waals surface area contributed by atoms with Crippen LogP contribution < -0.4 is 10.6 Å². The molecule has 36 heavy (non-hydrogen) atoms. The molecule has 2 N–H and O–H groups in total. The summed E-state index contributed by atoms with van der Waals surface area (Å²) in [6.07, 6.45) is 7.19. The molecule has 0 bridgehead atoms. The van der Waals surface area contributed by atoms with E-state index in [-0.39, 0.29) is 11.8 Å². The largest absolute Gasteiger partial charge is 0.353 e. The summed E-state index contributed by atoms with van der Waals surface area (Å²) in [4.78, 5) is 22.7. The summed E-state index contributed by atoms with van der Waals surface area (Å²) in [5.41, 5.74) is 3.91. The Morgan fingerprint density at radius 2 is 1.94 bits per heavy atom. The lowest BCUT2D eigenvalue weighted by Crippen LogP contribution is -2.44. The Morgan fingerprint density at radius 3 is 2.75 bits per heavy atom. The molecule has 0 aliphatic carbocycles. The van der Waals surface area contributed by atoms with E-state index >= 15 is 0 Å². The monoisotopic (exact) mass is 507 g/mol. The predicted molar refractivity (Wildman–Crippen MR) is 139 cm³/mol. The van der Waals surface area contributed by atoms with Gasteiger partial charge in [-0.05, 0) is 62.1 Å². The first kappa shape index (κ1) is 24.0. The minimum absolute atomic E-state index is 0.0121. The van der Waals surface area contributed by atoms with Gasteiger partial charge in [0.2, 0.25) is 0 Å². The van der Waals surface area contributed by atoms with Gasteiger partial charge in [0.15, 0.2) is 0 Å². The molecule has 4 heterocycles. The number of nitrogens with zero attached hydrogens (tertiary/aromatic N) is 5. The number of hydrogen-bond acceptors (Lipinski definition) is 5. The molecular formula is C26H27ClFN7O. The quantitative estimate of drug-likeness (QED) is 0.361. The van der Waals surface area contributed by atoms with Crippen molar-refractivity contribution >= 4 is 40.0 Å². The van der Waals surface area contributed by atoms with Crippen LogP contribution in [-0.4, -0.2) is 50.3 Å². The van der Waals surface area contributed by atoms with Gasteiger partial charge in [-0.3, -0.25) is 14.6 Å². The Labute approximate surface area is 213 Å². The molecule has 186 valence electrons. The zero-order chi connectivity index (χ0) is 25.1. The van der Waals surface area contributed by atoms with Gasteiger partial charge in [0, 0.05) is 54.8 Å². The fourth-order valence-electron chi connectivity index (χ4n) is 4.51. The number of pyridine rings is 2. The molecule has 10 heteroatoms. The molecule has 2 amide bonds. The Balaban J connectivity index is 1.31. The Kier molecular flexibility index (Phi) is 6.99. The summed E-state index contributed by atoms with van der Waals surface area (Å²) < 4.78 is 16.3. The smallest absolute Gasteiger partial charge is 0.317 e. The average Bonchev–Trinajstić information content (AvgIpc) is 3.30. The average molecular weight is 508 g/mol. The summed E-state index contributed by atoms with van der Waals surface area (Å²) in [5.74, 6) is 0.0580. The van der Waals surface area contributed by atoms with Crippen LogP contribution in [0.4, 0.5) is 20.6 Å². The van der Waals surface area contributed by atoms with Crippen molar-refractivity contribution in [3.05, 3.63) is 65.8 Å². The number of anilines is 2. The van der Waals surface area contributed by atoms with E-state index < -0.39 is 0 Å². The van der Waals surface area contributed by atoms with E-state index in [2.05, 4.69) is 20.6 Å². The van der Waals surface area contributed by atoms with E-state index in [4.69, 9.17) is 16.7 Å². The molecule has 0 radical (unpaired) electrons. The number of fused-ring (bicyclic) bond motifs is 1. The van der Waals surface area contributed by atoms with Gasteiger partial charge in [-0.1, -0.05) is 11.6 Å². The highest BCUT2D eigenvalue weighted by molar-refractivity contribution is 6.30. The van der Waals surface area contributed by atoms with Gasteiger partial charge in [0.1, 0.15) is 16.9 Å². The molecule has 1 aromatic carbocycles. The number of amides is 2. The minimum Gasteiger partial charge on any atom is -0.353 e. The zero-order valence-electron chi connectivity index (χ0n) is 19.9. The molecule has 5 rings (SSSR count). The Bertz CT molecular complexity index is 1380. The second-order valence-corrected chi connectivity index (χ2v) is 9.32. The number of carbonyl (C=O) groups is 1. The summed E-state index contributed by atoms with van der Waals surface area (Å²) in [6.45, 7) is 4.84. The second kappa shape index (κ2) is 10.5. The van der Waals surface area contributed by atoms with Crippen molar-refractivity contribution in [2.24, 2.45) is 5.92 Å². The van der Waals surface area contributed by atoms with Crippen molar-refractivity contribution in [3.8, 4) is 11.3 Å². The van der Waals surface area contributed by atoms with E-state index in [9.17, 15) is 9.18 Å². The number of urea groups is 1. The van der Waals surface area contributed by atoms with Crippen LogP contribution in [0, 0.1) is 11.7 Å². The summed E-state index contributed by atoms with van der Waals surface area (Å²) in [6, 6.07) is 9.89. The standard InChI is InChI=1S/C26H27ClFN7O/c1-2-29-26(36)34-11-7-17(8-12-34)15-35-16-24-25(33-35)22(6-10-31-24)32-19-5-9-30-23(14-19)20-13-18(27)3-4-21(20)28/h3-6,9-10,13-14,16-17H,2,7-8,11-12,15H2,1H3,(H,29,36)(H,30,32). The normalized spacial score (nSPS) is 14.2. The van der Waals surface area contributed by atoms with Gasteiger partial charge >= 0.3 is 6.03 Å². The number of nitrogens with one attached hydrogen (secondary N) is 2. The predicted octanol–water partition coefficient (Wildman–Crippen LogP) is 5.47. The van der Waals surface area contributed by atoms with Crippen molar-refractivity contribution < 1.29 is 9.18 Å². The van der Waals surface area contributed by atoms with Crippen molar-refractivity contribution in [2.45, 2.75) is 26.3 Å². The highest BCUT2D eigenvalue weighted by Crippen LogP contribution is 2.29. The van der Waals surface area contributed by atoms with Crippen LogP contribution in [0.2, 0.25) is 5.02 Å².